The number of benzene rings is 1. The first-order valence-corrected chi connectivity index (χ1v) is 7.53. The van der Waals surface area contributed by atoms with Gasteiger partial charge in [-0.2, -0.15) is 0 Å². The summed E-state index contributed by atoms with van der Waals surface area (Å²) in [6.07, 6.45) is 3.95. The molecule has 1 fully saturated rings. The van der Waals surface area contributed by atoms with Crippen molar-refractivity contribution in [1.29, 1.82) is 0 Å². The molecule has 100 valence electrons. The van der Waals surface area contributed by atoms with Gasteiger partial charge in [0, 0.05) is 23.1 Å². The largest absolute Gasteiger partial charge is 0.311 e. The van der Waals surface area contributed by atoms with E-state index in [-0.39, 0.29) is 0 Å². The van der Waals surface area contributed by atoms with Gasteiger partial charge in [0.15, 0.2) is 0 Å². The van der Waals surface area contributed by atoms with Crippen molar-refractivity contribution in [1.82, 2.24) is 10.2 Å². The highest BCUT2D eigenvalue weighted by Gasteiger charge is 2.38. The molecule has 1 aliphatic carbocycles. The number of rotatable bonds is 5. The average molecular weight is 332 g/mol. The second kappa shape index (κ2) is 5.91. The lowest BCUT2D eigenvalue weighted by Crippen LogP contribution is -2.56. The van der Waals surface area contributed by atoms with Gasteiger partial charge in [0.2, 0.25) is 0 Å². The summed E-state index contributed by atoms with van der Waals surface area (Å²) >= 11 is 9.50. The molecular formula is C14H20BrClN2. The van der Waals surface area contributed by atoms with E-state index in [0.717, 1.165) is 22.6 Å². The fraction of sp³-hybridized carbons (Fsp3) is 0.571. The van der Waals surface area contributed by atoms with E-state index >= 15 is 0 Å². The van der Waals surface area contributed by atoms with Crippen molar-refractivity contribution in [3.05, 3.63) is 33.3 Å². The van der Waals surface area contributed by atoms with Gasteiger partial charge in [0.25, 0.3) is 0 Å². The molecule has 18 heavy (non-hydrogen) atoms. The van der Waals surface area contributed by atoms with Crippen LogP contribution in [0.5, 0.6) is 0 Å². The van der Waals surface area contributed by atoms with Crippen molar-refractivity contribution in [2.75, 3.05) is 20.6 Å². The SMILES string of the molecule is CN(C)C1(CNCc2ccc(Br)c(Cl)c2)CCC1. The zero-order chi connectivity index (χ0) is 13.2. The standard InChI is InChI=1S/C14H20BrClN2/c1-18(2)14(6-3-7-14)10-17-9-11-4-5-12(15)13(16)8-11/h4-5,8,17H,3,6-7,9-10H2,1-2H3. The molecule has 0 unspecified atom stereocenters. The van der Waals surface area contributed by atoms with E-state index in [1.165, 1.54) is 24.8 Å². The van der Waals surface area contributed by atoms with Crippen molar-refractivity contribution >= 4 is 27.5 Å². The Labute approximate surface area is 123 Å². The molecule has 0 aliphatic heterocycles. The summed E-state index contributed by atoms with van der Waals surface area (Å²) in [5.41, 5.74) is 1.61. The summed E-state index contributed by atoms with van der Waals surface area (Å²) in [6, 6.07) is 6.12. The molecule has 2 rings (SSSR count). The van der Waals surface area contributed by atoms with Crippen LogP contribution in [0.15, 0.2) is 22.7 Å². The van der Waals surface area contributed by atoms with E-state index in [2.05, 4.69) is 46.3 Å². The minimum absolute atomic E-state index is 0.374. The molecule has 0 aromatic heterocycles. The fourth-order valence-corrected chi connectivity index (χ4v) is 2.91. The molecule has 1 aliphatic rings. The predicted octanol–water partition coefficient (Wildman–Crippen LogP) is 3.68. The number of hydrogen-bond acceptors (Lipinski definition) is 2. The van der Waals surface area contributed by atoms with Crippen molar-refractivity contribution in [2.24, 2.45) is 0 Å². The first kappa shape index (κ1) is 14.3. The third-order valence-electron chi connectivity index (χ3n) is 4.00. The first-order chi connectivity index (χ1) is 8.53. The molecule has 1 aromatic carbocycles. The third kappa shape index (κ3) is 3.08. The van der Waals surface area contributed by atoms with Crippen LogP contribution in [0, 0.1) is 0 Å². The van der Waals surface area contributed by atoms with Crippen molar-refractivity contribution in [2.45, 2.75) is 31.3 Å². The molecule has 1 aromatic rings. The summed E-state index contributed by atoms with van der Waals surface area (Å²) < 4.78 is 0.955. The van der Waals surface area contributed by atoms with Crippen molar-refractivity contribution in [3.8, 4) is 0 Å². The fourth-order valence-electron chi connectivity index (χ4n) is 2.46. The molecule has 1 N–H and O–H groups in total. The molecule has 1 saturated carbocycles. The maximum absolute atomic E-state index is 6.09. The van der Waals surface area contributed by atoms with Crippen molar-refractivity contribution < 1.29 is 0 Å². The van der Waals surface area contributed by atoms with Crippen LogP contribution in [0.1, 0.15) is 24.8 Å². The van der Waals surface area contributed by atoms with Crippen LogP contribution in [0.4, 0.5) is 0 Å². The van der Waals surface area contributed by atoms with Gasteiger partial charge >= 0.3 is 0 Å². The Kier molecular flexibility index (Phi) is 4.70. The number of hydrogen-bond donors (Lipinski definition) is 1. The monoisotopic (exact) mass is 330 g/mol. The molecule has 0 radical (unpaired) electrons. The number of nitrogens with one attached hydrogen (secondary N) is 1. The van der Waals surface area contributed by atoms with Crippen LogP contribution in [-0.2, 0) is 6.54 Å². The minimum atomic E-state index is 0.374. The highest BCUT2D eigenvalue weighted by atomic mass is 79.9. The van der Waals surface area contributed by atoms with Crippen LogP contribution in [0.2, 0.25) is 5.02 Å². The highest BCUT2D eigenvalue weighted by Crippen LogP contribution is 2.35. The van der Waals surface area contributed by atoms with Gasteiger partial charge in [0.1, 0.15) is 0 Å². The number of halogens is 2. The zero-order valence-corrected chi connectivity index (χ0v) is 13.3. The lowest BCUT2D eigenvalue weighted by Gasteiger charge is -2.47. The summed E-state index contributed by atoms with van der Waals surface area (Å²) in [7, 11) is 4.36. The quantitative estimate of drug-likeness (QED) is 0.885. The Morgan fingerprint density at radius 3 is 2.61 bits per heavy atom. The topological polar surface area (TPSA) is 15.3 Å². The Bertz CT molecular complexity index is 416. The second-order valence-corrected chi connectivity index (χ2v) is 6.59. The van der Waals surface area contributed by atoms with E-state index in [1.807, 2.05) is 12.1 Å². The first-order valence-electron chi connectivity index (χ1n) is 6.36. The van der Waals surface area contributed by atoms with E-state index in [0.29, 0.717) is 5.54 Å². The van der Waals surface area contributed by atoms with Gasteiger partial charge in [-0.15, -0.1) is 0 Å². The summed E-state index contributed by atoms with van der Waals surface area (Å²) in [5.74, 6) is 0. The molecule has 2 nitrogen and oxygen atoms in total. The van der Waals surface area contributed by atoms with Crippen LogP contribution in [0.3, 0.4) is 0 Å². The Morgan fingerprint density at radius 1 is 1.39 bits per heavy atom. The predicted molar refractivity (Wildman–Crippen MR) is 81.1 cm³/mol. The molecule has 0 bridgehead atoms. The van der Waals surface area contributed by atoms with Gasteiger partial charge in [0.05, 0.1) is 5.02 Å². The summed E-state index contributed by atoms with van der Waals surface area (Å²) in [4.78, 5) is 2.36. The minimum Gasteiger partial charge on any atom is -0.311 e. The van der Waals surface area contributed by atoms with E-state index in [4.69, 9.17) is 11.6 Å². The number of likely N-dealkylation sites (N-methyl/N-ethyl adjacent to an activating group) is 1. The van der Waals surface area contributed by atoms with E-state index in [9.17, 15) is 0 Å². The van der Waals surface area contributed by atoms with Crippen LogP contribution in [-0.4, -0.2) is 31.1 Å². The molecule has 4 heteroatoms. The van der Waals surface area contributed by atoms with E-state index < -0.39 is 0 Å². The van der Waals surface area contributed by atoms with Crippen LogP contribution < -0.4 is 5.32 Å². The molecule has 0 saturated heterocycles. The molecule has 0 spiro atoms. The van der Waals surface area contributed by atoms with E-state index in [1.54, 1.807) is 0 Å². The Balaban J connectivity index is 1.86. The van der Waals surface area contributed by atoms with Gasteiger partial charge in [-0.3, -0.25) is 0 Å². The maximum atomic E-state index is 6.09. The van der Waals surface area contributed by atoms with Crippen molar-refractivity contribution in [3.63, 3.8) is 0 Å². The normalized spacial score (nSPS) is 17.8. The zero-order valence-electron chi connectivity index (χ0n) is 11.0. The molecule has 0 amide bonds. The summed E-state index contributed by atoms with van der Waals surface area (Å²) in [6.45, 7) is 1.93. The third-order valence-corrected chi connectivity index (χ3v) is 5.23. The molecule has 0 atom stereocenters. The average Bonchev–Trinajstić information content (AvgIpc) is 2.26. The smallest absolute Gasteiger partial charge is 0.0551 e. The van der Waals surface area contributed by atoms with Crippen LogP contribution in [0.25, 0.3) is 0 Å². The maximum Gasteiger partial charge on any atom is 0.0551 e. The number of nitrogens with zero attached hydrogens (tertiary/aromatic N) is 1. The van der Waals surface area contributed by atoms with Gasteiger partial charge in [-0.25, -0.2) is 0 Å². The van der Waals surface area contributed by atoms with Gasteiger partial charge in [-0.1, -0.05) is 17.7 Å². The Hall–Kier alpha value is -0.0900. The second-order valence-electron chi connectivity index (χ2n) is 5.32. The van der Waals surface area contributed by atoms with Gasteiger partial charge < -0.3 is 10.2 Å². The highest BCUT2D eigenvalue weighted by molar-refractivity contribution is 9.10. The lowest BCUT2D eigenvalue weighted by atomic mass is 9.75. The molecule has 0 heterocycles. The Morgan fingerprint density at radius 2 is 2.11 bits per heavy atom. The lowest BCUT2D eigenvalue weighted by molar-refractivity contribution is 0.0598. The summed E-state index contributed by atoms with van der Waals surface area (Å²) in [5, 5.41) is 4.33. The van der Waals surface area contributed by atoms with Gasteiger partial charge in [-0.05, 0) is 67.0 Å². The molecular weight excluding hydrogens is 312 g/mol. The van der Waals surface area contributed by atoms with Crippen LogP contribution >= 0.6 is 27.5 Å².